The van der Waals surface area contributed by atoms with Crippen LogP contribution in [0.1, 0.15) is 50.5 Å². The van der Waals surface area contributed by atoms with Crippen LogP contribution >= 0.6 is 0 Å². The first-order valence-electron chi connectivity index (χ1n) is 6.05. The van der Waals surface area contributed by atoms with Crippen LogP contribution in [-0.2, 0) is 4.79 Å². The Morgan fingerprint density at radius 3 is 2.81 bits per heavy atom. The minimum Gasteiger partial charge on any atom is -0.326 e. The van der Waals surface area contributed by atoms with E-state index in [1.165, 1.54) is 37.7 Å². The smallest absolute Gasteiger partial charge is 0.221 e. The van der Waals surface area contributed by atoms with E-state index in [0.717, 1.165) is 5.69 Å². The molecule has 2 nitrogen and oxygen atoms in total. The van der Waals surface area contributed by atoms with Gasteiger partial charge in [0.2, 0.25) is 5.91 Å². The van der Waals surface area contributed by atoms with Crippen molar-refractivity contribution in [2.45, 2.75) is 44.9 Å². The first kappa shape index (κ1) is 11.2. The molecule has 1 N–H and O–H groups in total. The van der Waals surface area contributed by atoms with E-state index < -0.39 is 0 Å². The van der Waals surface area contributed by atoms with Gasteiger partial charge in [-0.05, 0) is 36.5 Å². The Kier molecular flexibility index (Phi) is 3.60. The molecule has 85 valence electrons. The van der Waals surface area contributed by atoms with Crippen LogP contribution in [0.3, 0.4) is 0 Å². The summed E-state index contributed by atoms with van der Waals surface area (Å²) in [5.41, 5.74) is 2.23. The molecule has 16 heavy (non-hydrogen) atoms. The maximum atomic E-state index is 11.1. The number of amides is 1. The Labute approximate surface area is 97.1 Å². The quantitative estimate of drug-likeness (QED) is 0.805. The summed E-state index contributed by atoms with van der Waals surface area (Å²) in [5, 5.41) is 2.90. The molecule has 0 bridgehead atoms. The van der Waals surface area contributed by atoms with Crippen LogP contribution in [0.25, 0.3) is 0 Å². The Bertz CT molecular complexity index is 367. The zero-order valence-corrected chi connectivity index (χ0v) is 9.75. The van der Waals surface area contributed by atoms with E-state index >= 15 is 0 Å². The summed E-state index contributed by atoms with van der Waals surface area (Å²) in [5.74, 6) is 0.613. The second kappa shape index (κ2) is 5.15. The highest BCUT2D eigenvalue weighted by Gasteiger charge is 2.18. The summed E-state index contributed by atoms with van der Waals surface area (Å²) in [7, 11) is 0. The lowest BCUT2D eigenvalue weighted by atomic mass is 9.83. The molecule has 2 rings (SSSR count). The van der Waals surface area contributed by atoms with Crippen LogP contribution < -0.4 is 5.32 Å². The number of carbonyl (C=O) groups excluding carboxylic acids is 1. The predicted molar refractivity (Wildman–Crippen MR) is 65.4 cm³/mol. The van der Waals surface area contributed by atoms with Gasteiger partial charge in [0.25, 0.3) is 0 Å². The van der Waals surface area contributed by atoms with Gasteiger partial charge in [0.1, 0.15) is 0 Å². The first-order valence-corrected chi connectivity index (χ1v) is 6.05. The van der Waals surface area contributed by atoms with Gasteiger partial charge in [-0.1, -0.05) is 31.4 Å². The van der Waals surface area contributed by atoms with E-state index in [2.05, 4.69) is 17.4 Å². The molecule has 0 unspecified atom stereocenters. The minimum absolute atomic E-state index is 0.00309. The number of carbonyl (C=O) groups is 1. The summed E-state index contributed by atoms with van der Waals surface area (Å²) < 4.78 is 0. The SMILES string of the molecule is CC(=O)Nc1c[c]ccc1C1CCCCC1. The standard InChI is InChI=1S/C14H18NO/c1-11(16)15-14-10-6-5-9-13(14)12-7-3-2-4-8-12/h5,9-10,12H,2-4,7-8H2,1H3,(H,15,16). The molecule has 1 aliphatic rings. The van der Waals surface area contributed by atoms with E-state index in [0.29, 0.717) is 5.92 Å². The number of nitrogens with one attached hydrogen (secondary N) is 1. The van der Waals surface area contributed by atoms with Gasteiger partial charge in [-0.2, -0.15) is 0 Å². The maximum Gasteiger partial charge on any atom is 0.221 e. The third-order valence-electron chi connectivity index (χ3n) is 3.25. The van der Waals surface area contributed by atoms with Gasteiger partial charge < -0.3 is 5.32 Å². The van der Waals surface area contributed by atoms with Crippen molar-refractivity contribution in [3.8, 4) is 0 Å². The average Bonchev–Trinajstić information content (AvgIpc) is 2.30. The Balaban J connectivity index is 2.20. The Morgan fingerprint density at radius 2 is 2.12 bits per heavy atom. The van der Waals surface area contributed by atoms with E-state index in [4.69, 9.17) is 0 Å². The number of hydrogen-bond donors (Lipinski definition) is 1. The molecule has 1 saturated carbocycles. The van der Waals surface area contributed by atoms with E-state index in [1.807, 2.05) is 12.1 Å². The predicted octanol–water partition coefficient (Wildman–Crippen LogP) is 3.49. The van der Waals surface area contributed by atoms with Crippen LogP contribution in [0.15, 0.2) is 18.2 Å². The van der Waals surface area contributed by atoms with Crippen LogP contribution in [0.2, 0.25) is 0 Å². The van der Waals surface area contributed by atoms with Gasteiger partial charge >= 0.3 is 0 Å². The van der Waals surface area contributed by atoms with Gasteiger partial charge in [0, 0.05) is 12.6 Å². The first-order chi connectivity index (χ1) is 7.77. The number of benzene rings is 1. The molecule has 0 saturated heterocycles. The maximum absolute atomic E-state index is 11.1. The molecular weight excluding hydrogens is 198 g/mol. The van der Waals surface area contributed by atoms with Gasteiger partial charge in [-0.3, -0.25) is 4.79 Å². The lowest BCUT2D eigenvalue weighted by molar-refractivity contribution is -0.114. The van der Waals surface area contributed by atoms with E-state index in [-0.39, 0.29) is 5.91 Å². The second-order valence-electron chi connectivity index (χ2n) is 4.53. The fourth-order valence-corrected chi connectivity index (χ4v) is 2.51. The van der Waals surface area contributed by atoms with Crippen molar-refractivity contribution >= 4 is 11.6 Å². The Morgan fingerprint density at radius 1 is 1.38 bits per heavy atom. The van der Waals surface area contributed by atoms with Crippen LogP contribution in [0.4, 0.5) is 5.69 Å². The summed E-state index contributed by atoms with van der Waals surface area (Å²) in [4.78, 5) is 11.1. The molecule has 1 radical (unpaired) electrons. The number of rotatable bonds is 2. The lowest BCUT2D eigenvalue weighted by Gasteiger charge is -2.24. The normalized spacial score (nSPS) is 17.1. The van der Waals surface area contributed by atoms with Crippen molar-refractivity contribution in [2.24, 2.45) is 0 Å². The van der Waals surface area contributed by atoms with Crippen molar-refractivity contribution in [1.82, 2.24) is 0 Å². The van der Waals surface area contributed by atoms with Gasteiger partial charge in [0.05, 0.1) is 0 Å². The summed E-state index contributed by atoms with van der Waals surface area (Å²) >= 11 is 0. The van der Waals surface area contributed by atoms with Gasteiger partial charge in [0.15, 0.2) is 0 Å². The highest BCUT2D eigenvalue weighted by Crippen LogP contribution is 2.36. The third kappa shape index (κ3) is 2.63. The fourth-order valence-electron chi connectivity index (χ4n) is 2.51. The highest BCUT2D eigenvalue weighted by atomic mass is 16.1. The summed E-state index contributed by atoms with van der Waals surface area (Å²) in [6, 6.07) is 8.95. The topological polar surface area (TPSA) is 29.1 Å². The van der Waals surface area contributed by atoms with Crippen molar-refractivity contribution in [1.29, 1.82) is 0 Å². The molecule has 0 aromatic heterocycles. The lowest BCUT2D eigenvalue weighted by Crippen LogP contribution is -2.12. The molecular formula is C14H18NO. The van der Waals surface area contributed by atoms with Crippen LogP contribution in [-0.4, -0.2) is 5.91 Å². The number of hydrogen-bond acceptors (Lipinski definition) is 1. The molecule has 1 fully saturated rings. The molecule has 0 spiro atoms. The van der Waals surface area contributed by atoms with Crippen molar-refractivity contribution < 1.29 is 4.79 Å². The molecule has 1 aromatic carbocycles. The fraction of sp³-hybridized carbons (Fsp3) is 0.500. The molecule has 0 atom stereocenters. The zero-order chi connectivity index (χ0) is 11.4. The van der Waals surface area contributed by atoms with Crippen molar-refractivity contribution in [3.63, 3.8) is 0 Å². The number of anilines is 1. The van der Waals surface area contributed by atoms with Crippen molar-refractivity contribution in [3.05, 3.63) is 29.8 Å². The van der Waals surface area contributed by atoms with E-state index in [9.17, 15) is 4.79 Å². The largest absolute Gasteiger partial charge is 0.326 e. The molecule has 0 aliphatic heterocycles. The van der Waals surface area contributed by atoms with Gasteiger partial charge in [-0.15, -0.1) is 0 Å². The second-order valence-corrected chi connectivity index (χ2v) is 4.53. The van der Waals surface area contributed by atoms with Crippen LogP contribution in [0, 0.1) is 6.07 Å². The highest BCUT2D eigenvalue weighted by molar-refractivity contribution is 5.89. The monoisotopic (exact) mass is 216 g/mol. The third-order valence-corrected chi connectivity index (χ3v) is 3.25. The van der Waals surface area contributed by atoms with Crippen molar-refractivity contribution in [2.75, 3.05) is 5.32 Å². The summed E-state index contributed by atoms with van der Waals surface area (Å²) in [6.45, 7) is 1.55. The molecule has 0 heterocycles. The molecule has 1 aromatic rings. The average molecular weight is 216 g/mol. The van der Waals surface area contributed by atoms with E-state index in [1.54, 1.807) is 6.92 Å². The Hall–Kier alpha value is -1.31. The summed E-state index contributed by atoms with van der Waals surface area (Å²) in [6.07, 6.45) is 6.46. The minimum atomic E-state index is -0.00309. The molecule has 1 amide bonds. The van der Waals surface area contributed by atoms with Crippen LogP contribution in [0.5, 0.6) is 0 Å². The zero-order valence-electron chi connectivity index (χ0n) is 9.75. The molecule has 2 heteroatoms. The molecule has 1 aliphatic carbocycles. The van der Waals surface area contributed by atoms with Gasteiger partial charge in [-0.25, -0.2) is 0 Å².